The predicted octanol–water partition coefficient (Wildman–Crippen LogP) is 5.76. The van der Waals surface area contributed by atoms with E-state index in [1.807, 2.05) is 30.5 Å². The molecule has 1 aliphatic heterocycles. The van der Waals surface area contributed by atoms with E-state index in [9.17, 15) is 0 Å². The lowest BCUT2D eigenvalue weighted by atomic mass is 10.0. The number of aromatic nitrogens is 1. The molecule has 4 rings (SSSR count). The summed E-state index contributed by atoms with van der Waals surface area (Å²) < 4.78 is 0. The molecule has 2 heterocycles. The van der Waals surface area contributed by atoms with Crippen LogP contribution < -0.4 is 5.32 Å². The highest BCUT2D eigenvalue weighted by Gasteiger charge is 2.22. The highest BCUT2D eigenvalue weighted by atomic mass is 35.5. The number of pyridine rings is 1. The van der Waals surface area contributed by atoms with Crippen molar-refractivity contribution in [2.45, 2.75) is 12.5 Å². The Balaban J connectivity index is 1.68. The molecule has 0 bridgehead atoms. The van der Waals surface area contributed by atoms with Gasteiger partial charge in [-0.2, -0.15) is 0 Å². The Hall–Kier alpha value is -2.03. The second-order valence-corrected chi connectivity index (χ2v) is 6.56. The molecule has 0 radical (unpaired) electrons. The van der Waals surface area contributed by atoms with Gasteiger partial charge >= 0.3 is 0 Å². The van der Waals surface area contributed by atoms with Gasteiger partial charge in [-0.25, -0.2) is 0 Å². The van der Waals surface area contributed by atoms with Crippen molar-refractivity contribution >= 4 is 28.9 Å². The summed E-state index contributed by atoms with van der Waals surface area (Å²) in [4.78, 5) is 4.55. The summed E-state index contributed by atoms with van der Waals surface area (Å²) >= 11 is 12.2. The summed E-state index contributed by atoms with van der Waals surface area (Å²) in [5, 5.41) is 4.81. The Kier molecular flexibility index (Phi) is 3.72. The normalized spacial score (nSPS) is 16.0. The van der Waals surface area contributed by atoms with Crippen molar-refractivity contribution < 1.29 is 0 Å². The molecule has 0 saturated heterocycles. The van der Waals surface area contributed by atoms with Gasteiger partial charge in [-0.15, -0.1) is 0 Å². The summed E-state index contributed by atoms with van der Waals surface area (Å²) in [6.45, 7) is 0. The Labute approximate surface area is 145 Å². The Bertz CT molecular complexity index is 831. The third-order valence-electron chi connectivity index (χ3n) is 4.11. The minimum Gasteiger partial charge on any atom is -0.376 e. The Morgan fingerprint density at radius 1 is 0.913 bits per heavy atom. The summed E-state index contributed by atoms with van der Waals surface area (Å²) in [6, 6.07) is 18.2. The van der Waals surface area contributed by atoms with Gasteiger partial charge in [0.2, 0.25) is 0 Å². The van der Waals surface area contributed by atoms with E-state index in [1.54, 1.807) is 6.07 Å². The number of anilines is 1. The van der Waals surface area contributed by atoms with E-state index >= 15 is 0 Å². The van der Waals surface area contributed by atoms with Crippen molar-refractivity contribution in [1.82, 2.24) is 4.98 Å². The molecule has 0 saturated carbocycles. The summed E-state index contributed by atoms with van der Waals surface area (Å²) in [6.07, 6.45) is 2.78. The fraction of sp³-hybridized carbons (Fsp3) is 0.105. The molecule has 2 aromatic carbocycles. The van der Waals surface area contributed by atoms with Crippen molar-refractivity contribution in [2.75, 3.05) is 5.32 Å². The molecule has 0 amide bonds. The SMILES string of the molecule is Clc1cc(Cl)cc(-c2ccnc(C3Cc4ccccc4N3)c2)c1. The standard InChI is InChI=1S/C19H14Cl2N2/c20-15-7-14(8-16(21)11-15)12-5-6-22-18(9-12)19-10-13-3-1-2-4-17(13)23-19/h1-9,11,19,23H,10H2. The van der Waals surface area contributed by atoms with Gasteiger partial charge in [0, 0.05) is 28.4 Å². The summed E-state index contributed by atoms with van der Waals surface area (Å²) in [7, 11) is 0. The van der Waals surface area contributed by atoms with Crippen LogP contribution in [0.2, 0.25) is 10.0 Å². The number of nitrogens with zero attached hydrogens (tertiary/aromatic N) is 1. The van der Waals surface area contributed by atoms with Gasteiger partial charge in [0.05, 0.1) is 11.7 Å². The number of nitrogens with one attached hydrogen (secondary N) is 1. The van der Waals surface area contributed by atoms with E-state index in [0.717, 1.165) is 23.2 Å². The lowest BCUT2D eigenvalue weighted by molar-refractivity contribution is 0.789. The molecule has 0 aliphatic carbocycles. The lowest BCUT2D eigenvalue weighted by Crippen LogP contribution is -2.07. The first-order valence-corrected chi connectivity index (χ1v) is 8.21. The van der Waals surface area contributed by atoms with Crippen LogP contribution >= 0.6 is 23.2 Å². The molecular formula is C19H14Cl2N2. The molecule has 4 heteroatoms. The molecule has 1 aliphatic rings. The average Bonchev–Trinajstić information content (AvgIpc) is 2.98. The molecule has 2 nitrogen and oxygen atoms in total. The first-order chi connectivity index (χ1) is 11.2. The van der Waals surface area contributed by atoms with Crippen LogP contribution in [0.25, 0.3) is 11.1 Å². The molecule has 1 aromatic heterocycles. The number of benzene rings is 2. The van der Waals surface area contributed by atoms with Crippen LogP contribution in [0.1, 0.15) is 17.3 Å². The van der Waals surface area contributed by atoms with Crippen molar-refractivity contribution in [3.63, 3.8) is 0 Å². The van der Waals surface area contributed by atoms with Crippen LogP contribution in [0.15, 0.2) is 60.8 Å². The largest absolute Gasteiger partial charge is 0.376 e. The van der Waals surface area contributed by atoms with E-state index in [2.05, 4.69) is 34.6 Å². The van der Waals surface area contributed by atoms with Crippen LogP contribution in [-0.2, 0) is 6.42 Å². The molecule has 114 valence electrons. The van der Waals surface area contributed by atoms with Crippen LogP contribution in [0, 0.1) is 0 Å². The van der Waals surface area contributed by atoms with E-state index in [1.165, 1.54) is 11.3 Å². The lowest BCUT2D eigenvalue weighted by Gasteiger charge is -2.12. The van der Waals surface area contributed by atoms with Gasteiger partial charge in [0.25, 0.3) is 0 Å². The monoisotopic (exact) mass is 340 g/mol. The Morgan fingerprint density at radius 3 is 2.48 bits per heavy atom. The van der Waals surface area contributed by atoms with E-state index in [-0.39, 0.29) is 6.04 Å². The molecular weight excluding hydrogens is 327 g/mol. The number of para-hydroxylation sites is 1. The quantitative estimate of drug-likeness (QED) is 0.640. The van der Waals surface area contributed by atoms with Crippen LogP contribution in [-0.4, -0.2) is 4.98 Å². The zero-order valence-electron chi connectivity index (χ0n) is 12.3. The third kappa shape index (κ3) is 2.92. The van der Waals surface area contributed by atoms with Crippen LogP contribution in [0.3, 0.4) is 0 Å². The van der Waals surface area contributed by atoms with Crippen molar-refractivity contribution in [1.29, 1.82) is 0 Å². The minimum atomic E-state index is 0.196. The predicted molar refractivity (Wildman–Crippen MR) is 96.2 cm³/mol. The van der Waals surface area contributed by atoms with Gasteiger partial charge < -0.3 is 5.32 Å². The maximum absolute atomic E-state index is 6.12. The van der Waals surface area contributed by atoms with Crippen molar-refractivity contribution in [3.8, 4) is 11.1 Å². The van der Waals surface area contributed by atoms with Gasteiger partial charge in [0.15, 0.2) is 0 Å². The molecule has 3 aromatic rings. The van der Waals surface area contributed by atoms with E-state index in [0.29, 0.717) is 10.0 Å². The summed E-state index contributed by atoms with van der Waals surface area (Å²) in [5.41, 5.74) is 5.61. The van der Waals surface area contributed by atoms with Crippen LogP contribution in [0.4, 0.5) is 5.69 Å². The first kappa shape index (κ1) is 14.6. The average molecular weight is 341 g/mol. The molecule has 23 heavy (non-hydrogen) atoms. The molecule has 1 unspecified atom stereocenters. The fourth-order valence-electron chi connectivity index (χ4n) is 3.02. The first-order valence-electron chi connectivity index (χ1n) is 7.46. The molecule has 0 fully saturated rings. The zero-order valence-corrected chi connectivity index (χ0v) is 13.8. The van der Waals surface area contributed by atoms with Gasteiger partial charge in [-0.1, -0.05) is 41.4 Å². The number of fused-ring (bicyclic) bond motifs is 1. The third-order valence-corrected chi connectivity index (χ3v) is 4.54. The molecule has 1 atom stereocenters. The zero-order chi connectivity index (χ0) is 15.8. The van der Waals surface area contributed by atoms with Crippen LogP contribution in [0.5, 0.6) is 0 Å². The molecule has 1 N–H and O–H groups in total. The second-order valence-electron chi connectivity index (χ2n) is 5.69. The highest BCUT2D eigenvalue weighted by Crippen LogP contribution is 2.34. The number of rotatable bonds is 2. The molecule has 0 spiro atoms. The topological polar surface area (TPSA) is 24.9 Å². The summed E-state index contributed by atoms with van der Waals surface area (Å²) in [5.74, 6) is 0. The van der Waals surface area contributed by atoms with E-state index < -0.39 is 0 Å². The second kappa shape index (κ2) is 5.88. The van der Waals surface area contributed by atoms with Crippen molar-refractivity contribution in [2.24, 2.45) is 0 Å². The number of hydrogen-bond acceptors (Lipinski definition) is 2. The smallest absolute Gasteiger partial charge is 0.0726 e. The maximum Gasteiger partial charge on any atom is 0.0726 e. The van der Waals surface area contributed by atoms with E-state index in [4.69, 9.17) is 23.2 Å². The minimum absolute atomic E-state index is 0.196. The number of hydrogen-bond donors (Lipinski definition) is 1. The van der Waals surface area contributed by atoms with Crippen molar-refractivity contribution in [3.05, 3.63) is 82.1 Å². The Morgan fingerprint density at radius 2 is 1.70 bits per heavy atom. The maximum atomic E-state index is 6.12. The highest BCUT2D eigenvalue weighted by molar-refractivity contribution is 6.35. The van der Waals surface area contributed by atoms with Gasteiger partial charge in [-0.05, 0) is 53.1 Å². The number of halogens is 2. The van der Waals surface area contributed by atoms with Gasteiger partial charge in [0.1, 0.15) is 0 Å². The van der Waals surface area contributed by atoms with Gasteiger partial charge in [-0.3, -0.25) is 4.98 Å². The fourth-order valence-corrected chi connectivity index (χ4v) is 3.54.